The molecule has 3 nitrogen and oxygen atoms in total. The van der Waals surface area contributed by atoms with Crippen LogP contribution in [0.2, 0.25) is 0 Å². The summed E-state index contributed by atoms with van der Waals surface area (Å²) in [5.41, 5.74) is 1.41. The van der Waals surface area contributed by atoms with E-state index in [1.54, 1.807) is 0 Å². The fourth-order valence-electron chi connectivity index (χ4n) is 3.76. The van der Waals surface area contributed by atoms with Gasteiger partial charge in [-0.15, -0.1) is 0 Å². The molecule has 1 saturated heterocycles. The summed E-state index contributed by atoms with van der Waals surface area (Å²) in [5.74, 6) is 0. The zero-order chi connectivity index (χ0) is 18.9. The average molecular weight is 477 g/mol. The fourth-order valence-corrected chi connectivity index (χ4v) is 9.68. The van der Waals surface area contributed by atoms with Crippen molar-refractivity contribution in [2.24, 2.45) is 4.99 Å². The number of alkyl halides is 2. The van der Waals surface area contributed by atoms with Gasteiger partial charge in [0.05, 0.1) is 0 Å². The molecule has 0 radical (unpaired) electrons. The van der Waals surface area contributed by atoms with Crippen LogP contribution in [0.25, 0.3) is 16.3 Å². The first-order valence-corrected chi connectivity index (χ1v) is 12.9. The van der Waals surface area contributed by atoms with Crippen molar-refractivity contribution in [1.29, 1.82) is 0 Å². The van der Waals surface area contributed by atoms with E-state index in [1.165, 1.54) is 27.2 Å². The monoisotopic (exact) mass is 477 g/mol. The van der Waals surface area contributed by atoms with Gasteiger partial charge in [-0.2, -0.15) is 0 Å². The molecule has 2 aromatic rings. The maximum absolute atomic E-state index is 13.4. The molecule has 4 rings (SSSR count). The summed E-state index contributed by atoms with van der Waals surface area (Å²) in [6, 6.07) is 6.56. The topological polar surface area (TPSA) is 37.3 Å². The molecule has 2 aliphatic rings. The second-order valence-corrected chi connectivity index (χ2v) is 13.1. The van der Waals surface area contributed by atoms with Crippen LogP contribution < -0.4 is 5.32 Å². The van der Waals surface area contributed by atoms with Gasteiger partial charge in [0.15, 0.2) is 0 Å². The first-order chi connectivity index (χ1) is 13.1. The molecular formula is C22H25FIN3. The van der Waals surface area contributed by atoms with Crippen molar-refractivity contribution >= 4 is 42.4 Å². The van der Waals surface area contributed by atoms with E-state index in [0.717, 1.165) is 28.2 Å². The van der Waals surface area contributed by atoms with E-state index in [1.807, 2.05) is 31.6 Å². The van der Waals surface area contributed by atoms with Gasteiger partial charge < -0.3 is 0 Å². The van der Waals surface area contributed by atoms with E-state index >= 15 is 0 Å². The number of piperidine rings is 1. The number of allylic oxidation sites excluding steroid dienone is 1. The Morgan fingerprint density at radius 3 is 2.89 bits per heavy atom. The number of nitrogens with one attached hydrogen (secondary N) is 1. The number of fused-ring (bicyclic) bond motifs is 1. The molecule has 0 saturated carbocycles. The molecule has 142 valence electrons. The van der Waals surface area contributed by atoms with Crippen LogP contribution in [0.1, 0.15) is 25.3 Å². The molecule has 0 spiro atoms. The Balaban J connectivity index is 1.83. The molecular weight excluding hydrogens is 452 g/mol. The third-order valence-corrected chi connectivity index (χ3v) is 11.6. The standard InChI is InChI=1S/C22H25FIN3/c1-3-24(19-5-8-25-9-6-19)21-11-17(10-16-4-7-26-14-20(16)21)18-12-22(2,15-23)27-13-18/h3-4,7,10-14,19,25H,1,5-6,8-9,15H2,2H3/t22-/m1/s1. The van der Waals surface area contributed by atoms with Crippen molar-refractivity contribution in [1.82, 2.24) is 10.3 Å². The van der Waals surface area contributed by atoms with Crippen LogP contribution in [-0.4, -0.2) is 40.4 Å². The van der Waals surface area contributed by atoms with Gasteiger partial charge in [-0.05, 0) is 0 Å². The molecule has 0 unspecified atom stereocenters. The third-order valence-electron chi connectivity index (χ3n) is 5.28. The normalized spacial score (nSPS) is 23.5. The van der Waals surface area contributed by atoms with Gasteiger partial charge in [0, 0.05) is 0 Å². The minimum atomic E-state index is -1.59. The number of aliphatic imine (C=N–C) groups is 1. The Labute approximate surface area is 167 Å². The van der Waals surface area contributed by atoms with E-state index < -0.39 is 32.0 Å². The molecule has 0 amide bonds. The van der Waals surface area contributed by atoms with Gasteiger partial charge >= 0.3 is 168 Å². The van der Waals surface area contributed by atoms with Gasteiger partial charge in [-0.3, -0.25) is 0 Å². The average Bonchev–Trinajstić information content (AvgIpc) is 3.12. The molecule has 0 bridgehead atoms. The van der Waals surface area contributed by atoms with Crippen molar-refractivity contribution in [3.05, 3.63) is 56.5 Å². The van der Waals surface area contributed by atoms with Crippen molar-refractivity contribution in [3.8, 4) is 0 Å². The molecule has 1 N–H and O–H groups in total. The molecule has 1 aromatic carbocycles. The van der Waals surface area contributed by atoms with Crippen molar-refractivity contribution in [3.63, 3.8) is 0 Å². The summed E-state index contributed by atoms with van der Waals surface area (Å²) in [6.45, 7) is 7.76. The van der Waals surface area contributed by atoms with Crippen molar-refractivity contribution in [2.45, 2.75) is 29.2 Å². The van der Waals surface area contributed by atoms with Crippen LogP contribution in [0.4, 0.5) is 4.39 Å². The second-order valence-electron chi connectivity index (χ2n) is 7.33. The number of aromatic nitrogens is 1. The summed E-state index contributed by atoms with van der Waals surface area (Å²) in [6.07, 6.45) is 10.0. The molecule has 5 heteroatoms. The Morgan fingerprint density at radius 1 is 1.37 bits per heavy atom. The SMILES string of the molecule is C=CI(c1cc(C2=C[C@](C)(CF)N=C2)cc2ccncc12)C1CCNCC1. The summed E-state index contributed by atoms with van der Waals surface area (Å²) in [4.78, 5) is 8.77. The zero-order valence-corrected chi connectivity index (χ0v) is 17.7. The molecule has 1 fully saturated rings. The number of hydrogen-bond donors (Lipinski definition) is 1. The molecule has 3 heterocycles. The number of hydrogen-bond acceptors (Lipinski definition) is 3. The van der Waals surface area contributed by atoms with E-state index in [9.17, 15) is 4.39 Å². The summed E-state index contributed by atoms with van der Waals surface area (Å²) in [5, 5.41) is 5.91. The van der Waals surface area contributed by atoms with Crippen LogP contribution in [0, 0.1) is 3.57 Å². The van der Waals surface area contributed by atoms with Gasteiger partial charge in [0.25, 0.3) is 0 Å². The number of halogens is 2. The number of rotatable bonds is 5. The van der Waals surface area contributed by atoms with Crippen LogP contribution in [0.15, 0.2) is 52.3 Å². The summed E-state index contributed by atoms with van der Waals surface area (Å²) in [7, 11) is 0. The predicted octanol–water partition coefficient (Wildman–Crippen LogP) is 5.00. The van der Waals surface area contributed by atoms with E-state index in [2.05, 4.69) is 44.2 Å². The third kappa shape index (κ3) is 3.72. The van der Waals surface area contributed by atoms with Crippen LogP contribution >= 0.6 is 19.8 Å². The molecule has 1 atom stereocenters. The Kier molecular flexibility index (Phi) is 5.41. The van der Waals surface area contributed by atoms with E-state index in [0.29, 0.717) is 0 Å². The summed E-state index contributed by atoms with van der Waals surface area (Å²) >= 11 is -1.59. The second kappa shape index (κ2) is 7.80. The van der Waals surface area contributed by atoms with Gasteiger partial charge in [-0.25, -0.2) is 0 Å². The first kappa shape index (κ1) is 18.7. The van der Waals surface area contributed by atoms with E-state index in [-0.39, 0.29) is 0 Å². The molecule has 27 heavy (non-hydrogen) atoms. The summed E-state index contributed by atoms with van der Waals surface area (Å²) < 4.78 is 17.7. The number of benzene rings is 1. The number of pyridine rings is 1. The first-order valence-electron chi connectivity index (χ1n) is 9.36. The molecule has 2 aliphatic heterocycles. The van der Waals surface area contributed by atoms with Crippen molar-refractivity contribution < 1.29 is 4.39 Å². The van der Waals surface area contributed by atoms with Crippen LogP contribution in [0.3, 0.4) is 0 Å². The minimum absolute atomic E-state index is 0.475. The van der Waals surface area contributed by atoms with Gasteiger partial charge in [0.1, 0.15) is 0 Å². The fraction of sp³-hybridized carbons (Fsp3) is 0.364. The van der Waals surface area contributed by atoms with Crippen molar-refractivity contribution in [2.75, 3.05) is 19.8 Å². The number of nitrogens with zero attached hydrogens (tertiary/aromatic N) is 2. The van der Waals surface area contributed by atoms with Gasteiger partial charge in [-0.1, -0.05) is 0 Å². The van der Waals surface area contributed by atoms with E-state index in [4.69, 9.17) is 0 Å². The Bertz CT molecular complexity index is 917. The maximum atomic E-state index is 13.4. The Hall–Kier alpha value is -1.60. The Morgan fingerprint density at radius 2 is 2.19 bits per heavy atom. The van der Waals surface area contributed by atoms with Gasteiger partial charge in [0.2, 0.25) is 0 Å². The quantitative estimate of drug-likeness (QED) is 0.486. The van der Waals surface area contributed by atoms with Crippen LogP contribution in [-0.2, 0) is 0 Å². The molecule has 1 aromatic heterocycles. The zero-order valence-electron chi connectivity index (χ0n) is 15.6. The predicted molar refractivity (Wildman–Crippen MR) is 121 cm³/mol. The van der Waals surface area contributed by atoms with Crippen LogP contribution in [0.5, 0.6) is 0 Å². The molecule has 0 aliphatic carbocycles.